The maximum absolute atomic E-state index is 13.6. The highest BCUT2D eigenvalue weighted by atomic mass is 32.1. The van der Waals surface area contributed by atoms with Gasteiger partial charge in [0.1, 0.15) is 11.4 Å². The lowest BCUT2D eigenvalue weighted by atomic mass is 10.2. The third kappa shape index (κ3) is 4.35. The average Bonchev–Trinajstić information content (AvgIpc) is 3.61. The molecule has 0 radical (unpaired) electrons. The molecule has 9 nitrogen and oxygen atoms in total. The van der Waals surface area contributed by atoms with Gasteiger partial charge in [-0.3, -0.25) is 9.20 Å². The number of fused-ring (bicyclic) bond motifs is 1. The molecule has 0 unspecified atom stereocenters. The fraction of sp³-hybridized carbons (Fsp3) is 0.174. The summed E-state index contributed by atoms with van der Waals surface area (Å²) in [5, 5.41) is 10.3. The molecule has 0 bridgehead atoms. The van der Waals surface area contributed by atoms with Crippen molar-refractivity contribution in [3.8, 4) is 22.1 Å². The lowest BCUT2D eigenvalue weighted by molar-refractivity contribution is 0.0950. The van der Waals surface area contributed by atoms with Gasteiger partial charge in [-0.15, -0.1) is 16.4 Å². The molecule has 12 heteroatoms. The highest BCUT2D eigenvalue weighted by molar-refractivity contribution is 7.15. The zero-order valence-electron chi connectivity index (χ0n) is 18.6. The Morgan fingerprint density at radius 2 is 2.03 bits per heavy atom. The molecular formula is C23H19F2N7O2S. The number of carbonyl (C=O) groups is 1. The standard InChI is InChI=1S/C23H19F2N7O2S/c1-13-3-5-19(35-13)17-10-27-22-16(32-18(21(24)25)11-29-30-32)7-15(12-31(17)22)23(33)28-9-14-4-6-20(34-2)26-8-14/h3-8,10-12,21H,9H2,1-2H3,(H,28,33). The number of amides is 1. The van der Waals surface area contributed by atoms with Crippen molar-refractivity contribution >= 4 is 22.9 Å². The number of nitrogens with zero attached hydrogens (tertiary/aromatic N) is 6. The van der Waals surface area contributed by atoms with Crippen LogP contribution in [-0.2, 0) is 6.54 Å². The number of methoxy groups -OCH3 is 1. The second-order valence-corrected chi connectivity index (χ2v) is 8.91. The van der Waals surface area contributed by atoms with Crippen molar-refractivity contribution in [1.82, 2.24) is 34.7 Å². The van der Waals surface area contributed by atoms with E-state index in [-0.39, 0.29) is 17.8 Å². The Bertz CT molecular complexity index is 1510. The van der Waals surface area contributed by atoms with Crippen molar-refractivity contribution in [2.75, 3.05) is 7.11 Å². The molecule has 0 fully saturated rings. The van der Waals surface area contributed by atoms with E-state index in [1.54, 1.807) is 46.5 Å². The van der Waals surface area contributed by atoms with Crippen LogP contribution in [0.3, 0.4) is 0 Å². The van der Waals surface area contributed by atoms with E-state index in [0.717, 1.165) is 31.9 Å². The Labute approximate surface area is 202 Å². The molecule has 0 atom stereocenters. The molecule has 0 aromatic carbocycles. The number of aryl methyl sites for hydroxylation is 1. The van der Waals surface area contributed by atoms with Gasteiger partial charge in [0.25, 0.3) is 12.3 Å². The average molecular weight is 496 g/mol. The van der Waals surface area contributed by atoms with E-state index in [0.29, 0.717) is 11.5 Å². The Hall–Kier alpha value is -4.19. The number of alkyl halides is 2. The molecule has 0 aliphatic rings. The molecule has 5 heterocycles. The van der Waals surface area contributed by atoms with Gasteiger partial charge in [0.05, 0.1) is 35.6 Å². The maximum Gasteiger partial charge on any atom is 0.282 e. The number of hydrogen-bond donors (Lipinski definition) is 1. The molecule has 5 aromatic heterocycles. The summed E-state index contributed by atoms with van der Waals surface area (Å²) in [6, 6.07) is 8.90. The highest BCUT2D eigenvalue weighted by Crippen LogP contribution is 2.31. The van der Waals surface area contributed by atoms with E-state index in [1.807, 2.05) is 19.1 Å². The maximum atomic E-state index is 13.6. The molecule has 0 spiro atoms. The summed E-state index contributed by atoms with van der Waals surface area (Å²) < 4.78 is 35.0. The summed E-state index contributed by atoms with van der Waals surface area (Å²) >= 11 is 1.56. The molecule has 5 rings (SSSR count). The second-order valence-electron chi connectivity index (χ2n) is 7.62. The molecule has 5 aromatic rings. The molecule has 1 amide bonds. The van der Waals surface area contributed by atoms with Crippen LogP contribution in [0.25, 0.3) is 21.9 Å². The van der Waals surface area contributed by atoms with Crippen LogP contribution in [-0.4, -0.2) is 42.4 Å². The Morgan fingerprint density at radius 1 is 1.17 bits per heavy atom. The highest BCUT2D eigenvalue weighted by Gasteiger charge is 2.22. The Kier molecular flexibility index (Phi) is 5.95. The lowest BCUT2D eigenvalue weighted by Crippen LogP contribution is -2.23. The van der Waals surface area contributed by atoms with Gasteiger partial charge in [0.15, 0.2) is 5.65 Å². The Morgan fingerprint density at radius 3 is 2.71 bits per heavy atom. The molecule has 0 aliphatic carbocycles. The fourth-order valence-corrected chi connectivity index (χ4v) is 4.48. The van der Waals surface area contributed by atoms with Crippen LogP contribution in [0.15, 0.2) is 55.1 Å². The second kappa shape index (κ2) is 9.22. The van der Waals surface area contributed by atoms with E-state index in [1.165, 1.54) is 13.2 Å². The quantitative estimate of drug-likeness (QED) is 0.363. The summed E-state index contributed by atoms with van der Waals surface area (Å²) in [7, 11) is 1.52. The fourth-order valence-electron chi connectivity index (χ4n) is 3.60. The minimum Gasteiger partial charge on any atom is -0.481 e. The van der Waals surface area contributed by atoms with Crippen molar-refractivity contribution in [2.24, 2.45) is 0 Å². The van der Waals surface area contributed by atoms with Gasteiger partial charge in [-0.2, -0.15) is 0 Å². The lowest BCUT2D eigenvalue weighted by Gasteiger charge is -2.12. The number of nitrogens with one attached hydrogen (secondary N) is 1. The number of aromatic nitrogens is 6. The van der Waals surface area contributed by atoms with Crippen LogP contribution in [0.2, 0.25) is 0 Å². The van der Waals surface area contributed by atoms with Gasteiger partial charge in [-0.25, -0.2) is 23.4 Å². The van der Waals surface area contributed by atoms with Gasteiger partial charge in [0.2, 0.25) is 5.88 Å². The van der Waals surface area contributed by atoms with E-state index in [2.05, 4.69) is 25.6 Å². The van der Waals surface area contributed by atoms with Gasteiger partial charge >= 0.3 is 0 Å². The zero-order valence-corrected chi connectivity index (χ0v) is 19.5. The zero-order chi connectivity index (χ0) is 24.5. The normalized spacial score (nSPS) is 11.3. The van der Waals surface area contributed by atoms with E-state index in [4.69, 9.17) is 4.74 Å². The van der Waals surface area contributed by atoms with Crippen LogP contribution in [0.5, 0.6) is 5.88 Å². The van der Waals surface area contributed by atoms with E-state index >= 15 is 0 Å². The molecule has 1 N–H and O–H groups in total. The third-order valence-corrected chi connectivity index (χ3v) is 6.35. The van der Waals surface area contributed by atoms with Crippen molar-refractivity contribution in [3.63, 3.8) is 0 Å². The number of carbonyl (C=O) groups excluding carboxylic acids is 1. The van der Waals surface area contributed by atoms with Gasteiger partial charge in [0, 0.05) is 29.9 Å². The third-order valence-electron chi connectivity index (χ3n) is 5.33. The number of halogens is 2. The molecule has 0 aliphatic heterocycles. The minimum absolute atomic E-state index is 0.218. The number of imidazole rings is 1. The smallest absolute Gasteiger partial charge is 0.282 e. The minimum atomic E-state index is -2.81. The van der Waals surface area contributed by atoms with Crippen molar-refractivity contribution in [2.45, 2.75) is 19.9 Å². The van der Waals surface area contributed by atoms with Gasteiger partial charge in [-0.1, -0.05) is 11.3 Å². The topological polar surface area (TPSA) is 99.2 Å². The van der Waals surface area contributed by atoms with Crippen LogP contribution < -0.4 is 10.1 Å². The first-order valence-corrected chi connectivity index (χ1v) is 11.3. The predicted molar refractivity (Wildman–Crippen MR) is 125 cm³/mol. The molecule has 178 valence electrons. The SMILES string of the molecule is COc1ccc(CNC(=O)c2cc(-n3nncc3C(F)F)c3ncc(-c4ccc(C)s4)n3c2)cn1. The van der Waals surface area contributed by atoms with Crippen LogP contribution >= 0.6 is 11.3 Å². The van der Waals surface area contributed by atoms with Crippen molar-refractivity contribution < 1.29 is 18.3 Å². The molecule has 35 heavy (non-hydrogen) atoms. The first-order chi connectivity index (χ1) is 16.9. The number of ether oxygens (including phenoxy) is 1. The monoisotopic (exact) mass is 495 g/mol. The predicted octanol–water partition coefficient (Wildman–Crippen LogP) is 4.22. The summed E-state index contributed by atoms with van der Waals surface area (Å²) in [6.07, 6.45) is 3.08. The summed E-state index contributed by atoms with van der Waals surface area (Å²) in [5.74, 6) is 0.0685. The van der Waals surface area contributed by atoms with Crippen molar-refractivity contribution in [3.05, 3.63) is 76.8 Å². The first kappa shape index (κ1) is 22.6. The largest absolute Gasteiger partial charge is 0.481 e. The number of hydrogen-bond acceptors (Lipinski definition) is 7. The summed E-state index contributed by atoms with van der Waals surface area (Å²) in [6.45, 7) is 2.20. The number of thiophene rings is 1. The van der Waals surface area contributed by atoms with Crippen LogP contribution in [0.1, 0.15) is 32.9 Å². The summed E-state index contributed by atoms with van der Waals surface area (Å²) in [5.41, 5.74) is 1.94. The summed E-state index contributed by atoms with van der Waals surface area (Å²) in [4.78, 5) is 23.7. The van der Waals surface area contributed by atoms with Gasteiger partial charge in [-0.05, 0) is 30.7 Å². The van der Waals surface area contributed by atoms with Crippen molar-refractivity contribution in [1.29, 1.82) is 0 Å². The van der Waals surface area contributed by atoms with Crippen LogP contribution in [0, 0.1) is 6.92 Å². The Balaban J connectivity index is 1.57. The number of rotatable bonds is 7. The van der Waals surface area contributed by atoms with Gasteiger partial charge < -0.3 is 10.1 Å². The van der Waals surface area contributed by atoms with E-state index < -0.39 is 18.0 Å². The molecule has 0 saturated heterocycles. The number of pyridine rings is 2. The molecular weight excluding hydrogens is 476 g/mol. The first-order valence-electron chi connectivity index (χ1n) is 10.5. The molecule has 0 saturated carbocycles. The van der Waals surface area contributed by atoms with Crippen LogP contribution in [0.4, 0.5) is 8.78 Å². The van der Waals surface area contributed by atoms with E-state index in [9.17, 15) is 13.6 Å².